The van der Waals surface area contributed by atoms with E-state index in [1.807, 2.05) is 0 Å². The zero-order valence-electron chi connectivity index (χ0n) is 12.4. The molecule has 0 bridgehead atoms. The van der Waals surface area contributed by atoms with Gasteiger partial charge < -0.3 is 4.74 Å². The lowest BCUT2D eigenvalue weighted by atomic mass is 9.85. The molecule has 0 spiro atoms. The van der Waals surface area contributed by atoms with Gasteiger partial charge in [-0.2, -0.15) is 0 Å². The molecular formula is C15H26N2O. The first-order valence-corrected chi connectivity index (χ1v) is 6.54. The van der Waals surface area contributed by atoms with Crippen LogP contribution < -0.4 is 16.0 Å². The van der Waals surface area contributed by atoms with E-state index in [1.165, 1.54) is 11.1 Å². The van der Waals surface area contributed by atoms with E-state index in [4.69, 9.17) is 10.6 Å². The van der Waals surface area contributed by atoms with Gasteiger partial charge in [-0.15, -0.1) is 0 Å². The predicted molar refractivity (Wildman–Crippen MR) is 76.5 cm³/mol. The summed E-state index contributed by atoms with van der Waals surface area (Å²) in [6.07, 6.45) is 0. The van der Waals surface area contributed by atoms with E-state index in [1.54, 1.807) is 7.11 Å². The summed E-state index contributed by atoms with van der Waals surface area (Å²) in [4.78, 5) is 0. The monoisotopic (exact) mass is 250 g/mol. The molecule has 3 nitrogen and oxygen atoms in total. The van der Waals surface area contributed by atoms with E-state index in [2.05, 4.69) is 52.2 Å². The molecule has 0 fully saturated rings. The molecule has 1 aromatic rings. The topological polar surface area (TPSA) is 47.3 Å². The Kier molecular flexibility index (Phi) is 5.17. The molecule has 0 amide bonds. The van der Waals surface area contributed by atoms with E-state index in [-0.39, 0.29) is 6.04 Å². The minimum absolute atomic E-state index is 0.110. The van der Waals surface area contributed by atoms with E-state index in [0.717, 1.165) is 11.3 Å². The lowest BCUT2D eigenvalue weighted by Crippen LogP contribution is -2.34. The molecule has 0 radical (unpaired) electrons. The summed E-state index contributed by atoms with van der Waals surface area (Å²) in [5, 5.41) is 0. The Morgan fingerprint density at radius 3 is 2.22 bits per heavy atom. The highest BCUT2D eigenvalue weighted by Gasteiger charge is 2.24. The van der Waals surface area contributed by atoms with Gasteiger partial charge in [-0.05, 0) is 36.8 Å². The van der Waals surface area contributed by atoms with Crippen molar-refractivity contribution in [3.8, 4) is 5.75 Å². The van der Waals surface area contributed by atoms with Gasteiger partial charge in [-0.1, -0.05) is 32.9 Å². The van der Waals surface area contributed by atoms with Gasteiger partial charge in [0, 0.05) is 5.56 Å². The Morgan fingerprint density at radius 2 is 1.78 bits per heavy atom. The molecule has 0 saturated carbocycles. The molecule has 1 aromatic carbocycles. The highest BCUT2D eigenvalue weighted by molar-refractivity contribution is 5.47. The zero-order valence-corrected chi connectivity index (χ0v) is 12.4. The Hall–Kier alpha value is -1.06. The molecule has 18 heavy (non-hydrogen) atoms. The van der Waals surface area contributed by atoms with Crippen molar-refractivity contribution in [1.29, 1.82) is 0 Å². The molecule has 2 atom stereocenters. The number of aryl methyl sites for hydroxylation is 1. The maximum absolute atomic E-state index is 5.75. The summed E-state index contributed by atoms with van der Waals surface area (Å²) in [6.45, 7) is 10.8. The Bertz CT molecular complexity index is 402. The Morgan fingerprint density at radius 1 is 1.17 bits per heavy atom. The molecule has 3 heteroatoms. The Balaban J connectivity index is 3.25. The van der Waals surface area contributed by atoms with Crippen LogP contribution in [0.5, 0.6) is 5.75 Å². The van der Waals surface area contributed by atoms with Gasteiger partial charge >= 0.3 is 0 Å². The fraction of sp³-hybridized carbons (Fsp3) is 0.600. The number of benzene rings is 1. The summed E-state index contributed by atoms with van der Waals surface area (Å²) >= 11 is 0. The quantitative estimate of drug-likeness (QED) is 0.623. The van der Waals surface area contributed by atoms with Gasteiger partial charge in [0.25, 0.3) is 0 Å². The Labute approximate surface area is 111 Å². The minimum atomic E-state index is 0.110. The third kappa shape index (κ3) is 2.85. The van der Waals surface area contributed by atoms with Crippen molar-refractivity contribution in [2.24, 2.45) is 17.7 Å². The highest BCUT2D eigenvalue weighted by Crippen LogP contribution is 2.36. The first-order chi connectivity index (χ1) is 8.43. The molecule has 0 aliphatic heterocycles. The predicted octanol–water partition coefficient (Wildman–Crippen LogP) is 3.11. The van der Waals surface area contributed by atoms with Crippen LogP contribution in [-0.4, -0.2) is 7.11 Å². The number of ether oxygens (including phenoxy) is 1. The molecule has 3 N–H and O–H groups in total. The van der Waals surface area contributed by atoms with Crippen LogP contribution in [0.4, 0.5) is 0 Å². The lowest BCUT2D eigenvalue weighted by Gasteiger charge is -2.28. The van der Waals surface area contributed by atoms with Crippen LogP contribution in [0.1, 0.15) is 43.5 Å². The highest BCUT2D eigenvalue weighted by atomic mass is 16.5. The second-order valence-corrected chi connectivity index (χ2v) is 5.38. The van der Waals surface area contributed by atoms with Crippen LogP contribution in [0.25, 0.3) is 0 Å². The number of methoxy groups -OCH3 is 1. The van der Waals surface area contributed by atoms with Crippen molar-refractivity contribution in [1.82, 2.24) is 5.43 Å². The van der Waals surface area contributed by atoms with Gasteiger partial charge in [0.2, 0.25) is 0 Å². The number of hydrogen-bond donors (Lipinski definition) is 2. The molecular weight excluding hydrogens is 224 g/mol. The fourth-order valence-corrected chi connectivity index (χ4v) is 2.24. The molecule has 0 aromatic heterocycles. The summed E-state index contributed by atoms with van der Waals surface area (Å²) < 4.78 is 5.57. The van der Waals surface area contributed by atoms with Gasteiger partial charge in [0.05, 0.1) is 13.2 Å². The standard InChI is InChI=1S/C15H26N2O/c1-9(2)11(4)14(17-16)13-8-7-10(3)12(5)15(13)18-6/h7-9,11,14,17H,16H2,1-6H3. The maximum atomic E-state index is 5.75. The minimum Gasteiger partial charge on any atom is -0.496 e. The summed E-state index contributed by atoms with van der Waals surface area (Å²) in [5.41, 5.74) is 6.51. The molecule has 0 heterocycles. The third-order valence-corrected chi connectivity index (χ3v) is 4.00. The van der Waals surface area contributed by atoms with Crippen LogP contribution >= 0.6 is 0 Å². The summed E-state index contributed by atoms with van der Waals surface area (Å²) in [5.74, 6) is 7.69. The lowest BCUT2D eigenvalue weighted by molar-refractivity contribution is 0.296. The molecule has 0 aliphatic rings. The van der Waals surface area contributed by atoms with Crippen molar-refractivity contribution in [2.45, 2.75) is 40.7 Å². The zero-order chi connectivity index (χ0) is 13.9. The molecule has 1 rings (SSSR count). The van der Waals surface area contributed by atoms with E-state index >= 15 is 0 Å². The van der Waals surface area contributed by atoms with Crippen LogP contribution in [0.15, 0.2) is 12.1 Å². The van der Waals surface area contributed by atoms with Crippen LogP contribution in [0.3, 0.4) is 0 Å². The molecule has 2 unspecified atom stereocenters. The van der Waals surface area contributed by atoms with Crippen LogP contribution in [0, 0.1) is 25.7 Å². The first-order valence-electron chi connectivity index (χ1n) is 6.54. The molecule has 0 aliphatic carbocycles. The van der Waals surface area contributed by atoms with Crippen molar-refractivity contribution < 1.29 is 4.74 Å². The van der Waals surface area contributed by atoms with E-state index in [9.17, 15) is 0 Å². The first kappa shape index (κ1) is 15.0. The molecule has 0 saturated heterocycles. The van der Waals surface area contributed by atoms with E-state index < -0.39 is 0 Å². The second-order valence-electron chi connectivity index (χ2n) is 5.38. The van der Waals surface area contributed by atoms with Crippen molar-refractivity contribution in [2.75, 3.05) is 7.11 Å². The van der Waals surface area contributed by atoms with Gasteiger partial charge in [-0.3, -0.25) is 11.3 Å². The van der Waals surface area contributed by atoms with Gasteiger partial charge in [0.1, 0.15) is 5.75 Å². The number of hydrogen-bond acceptors (Lipinski definition) is 3. The smallest absolute Gasteiger partial charge is 0.126 e. The largest absolute Gasteiger partial charge is 0.496 e. The van der Waals surface area contributed by atoms with Crippen molar-refractivity contribution >= 4 is 0 Å². The number of nitrogens with two attached hydrogens (primary N) is 1. The van der Waals surface area contributed by atoms with Crippen LogP contribution in [-0.2, 0) is 0 Å². The number of nitrogens with one attached hydrogen (secondary N) is 1. The second kappa shape index (κ2) is 6.21. The normalized spacial score (nSPS) is 14.7. The average Bonchev–Trinajstić information content (AvgIpc) is 2.34. The van der Waals surface area contributed by atoms with Gasteiger partial charge in [0.15, 0.2) is 0 Å². The number of hydrazine groups is 1. The summed E-state index contributed by atoms with van der Waals surface area (Å²) in [6, 6.07) is 4.36. The maximum Gasteiger partial charge on any atom is 0.126 e. The molecule has 102 valence electrons. The van der Waals surface area contributed by atoms with E-state index in [0.29, 0.717) is 11.8 Å². The summed E-state index contributed by atoms with van der Waals surface area (Å²) in [7, 11) is 1.72. The van der Waals surface area contributed by atoms with Crippen molar-refractivity contribution in [3.63, 3.8) is 0 Å². The fourth-order valence-electron chi connectivity index (χ4n) is 2.24. The van der Waals surface area contributed by atoms with Gasteiger partial charge in [-0.25, -0.2) is 0 Å². The van der Waals surface area contributed by atoms with Crippen LogP contribution in [0.2, 0.25) is 0 Å². The van der Waals surface area contributed by atoms with Crippen molar-refractivity contribution in [3.05, 3.63) is 28.8 Å². The third-order valence-electron chi connectivity index (χ3n) is 4.00. The SMILES string of the molecule is COc1c(C(NN)C(C)C(C)C)ccc(C)c1C. The number of rotatable bonds is 5. The average molecular weight is 250 g/mol.